The fourth-order valence-corrected chi connectivity index (χ4v) is 2.78. The van der Waals surface area contributed by atoms with Gasteiger partial charge in [-0.15, -0.1) is 0 Å². The number of amides is 1. The molecule has 2 aromatic carbocycles. The number of rotatable bonds is 6. The first-order chi connectivity index (χ1) is 13.8. The number of alkyl halides is 3. The monoisotopic (exact) mass is 407 g/mol. The third-order valence-corrected chi connectivity index (χ3v) is 4.03. The normalized spacial score (nSPS) is 11.3. The van der Waals surface area contributed by atoms with Crippen molar-refractivity contribution < 1.29 is 27.1 Å². The molecular weight excluding hydrogens is 390 g/mol. The summed E-state index contributed by atoms with van der Waals surface area (Å²) < 4.78 is 60.7. The van der Waals surface area contributed by atoms with E-state index in [4.69, 9.17) is 4.74 Å². The van der Waals surface area contributed by atoms with Gasteiger partial charge < -0.3 is 10.1 Å². The molecule has 29 heavy (non-hydrogen) atoms. The maximum Gasteiger partial charge on any atom is 0.434 e. The number of benzene rings is 2. The number of nitrogens with zero attached hydrogens (tertiary/aromatic N) is 2. The summed E-state index contributed by atoms with van der Waals surface area (Å²) in [6.07, 6.45) is -4.14. The van der Waals surface area contributed by atoms with Crippen molar-refractivity contribution in [2.45, 2.75) is 19.6 Å². The van der Waals surface area contributed by atoms with E-state index in [9.17, 15) is 22.4 Å². The van der Waals surface area contributed by atoms with Crippen LogP contribution in [0.1, 0.15) is 28.5 Å². The minimum absolute atomic E-state index is 0.0120. The van der Waals surface area contributed by atoms with Crippen LogP contribution in [0.25, 0.3) is 5.69 Å². The molecule has 3 rings (SSSR count). The Labute approximate surface area is 163 Å². The molecule has 1 N–H and O–H groups in total. The Balaban J connectivity index is 1.88. The van der Waals surface area contributed by atoms with E-state index in [0.29, 0.717) is 22.6 Å². The summed E-state index contributed by atoms with van der Waals surface area (Å²) in [7, 11) is 0. The van der Waals surface area contributed by atoms with Gasteiger partial charge in [0.25, 0.3) is 5.91 Å². The molecule has 0 atom stereocenters. The number of hydrogen-bond donors (Lipinski definition) is 1. The van der Waals surface area contributed by atoms with E-state index in [1.165, 1.54) is 12.1 Å². The van der Waals surface area contributed by atoms with Crippen LogP contribution in [-0.2, 0) is 12.7 Å². The fourth-order valence-electron chi connectivity index (χ4n) is 2.78. The highest BCUT2D eigenvalue weighted by atomic mass is 19.4. The topological polar surface area (TPSA) is 56.1 Å². The summed E-state index contributed by atoms with van der Waals surface area (Å²) in [6.45, 7) is 2.27. The number of hydrogen-bond acceptors (Lipinski definition) is 3. The Kier molecular flexibility index (Phi) is 5.86. The molecule has 0 saturated heterocycles. The van der Waals surface area contributed by atoms with Crippen LogP contribution >= 0.6 is 0 Å². The van der Waals surface area contributed by atoms with Crippen molar-refractivity contribution >= 4 is 5.91 Å². The smallest absolute Gasteiger partial charge is 0.434 e. The Bertz CT molecular complexity index is 1010. The largest absolute Gasteiger partial charge is 0.494 e. The molecule has 0 fully saturated rings. The summed E-state index contributed by atoms with van der Waals surface area (Å²) in [5, 5.41) is 6.04. The molecule has 0 aliphatic carbocycles. The third-order valence-electron chi connectivity index (χ3n) is 4.03. The summed E-state index contributed by atoms with van der Waals surface area (Å²) in [4.78, 5) is 12.4. The number of carbonyl (C=O) groups excluding carboxylic acids is 1. The average molecular weight is 407 g/mol. The predicted molar refractivity (Wildman–Crippen MR) is 97.3 cm³/mol. The van der Waals surface area contributed by atoms with E-state index in [2.05, 4.69) is 10.4 Å². The minimum atomic E-state index is -4.92. The first kappa shape index (κ1) is 20.4. The SMILES string of the molecule is CCOc1cccc(CNC(=O)c2cnn(-c3ccccc3F)c2C(F)(F)F)c1. The summed E-state index contributed by atoms with van der Waals surface area (Å²) in [5.41, 5.74) is -1.78. The van der Waals surface area contributed by atoms with Gasteiger partial charge in [-0.2, -0.15) is 18.3 Å². The molecule has 1 amide bonds. The minimum Gasteiger partial charge on any atom is -0.494 e. The zero-order valence-electron chi connectivity index (χ0n) is 15.3. The molecule has 152 valence electrons. The van der Waals surface area contributed by atoms with Gasteiger partial charge in [0, 0.05) is 6.54 Å². The third kappa shape index (κ3) is 4.56. The van der Waals surface area contributed by atoms with Gasteiger partial charge in [0.15, 0.2) is 5.69 Å². The van der Waals surface area contributed by atoms with Gasteiger partial charge in [-0.3, -0.25) is 4.79 Å². The molecule has 3 aromatic rings. The van der Waals surface area contributed by atoms with Crippen LogP contribution in [0.5, 0.6) is 5.75 Å². The van der Waals surface area contributed by atoms with Crippen molar-refractivity contribution in [3.63, 3.8) is 0 Å². The maximum absolute atomic E-state index is 14.0. The molecule has 9 heteroatoms. The lowest BCUT2D eigenvalue weighted by atomic mass is 10.2. The van der Waals surface area contributed by atoms with Crippen molar-refractivity contribution in [2.24, 2.45) is 0 Å². The lowest BCUT2D eigenvalue weighted by molar-refractivity contribution is -0.143. The predicted octanol–water partition coefficient (Wildman–Crippen LogP) is 4.36. The number of nitrogens with one attached hydrogen (secondary N) is 1. The van der Waals surface area contributed by atoms with Crippen LogP contribution in [0.4, 0.5) is 17.6 Å². The summed E-state index contributed by atoms with van der Waals surface area (Å²) in [5.74, 6) is -1.27. The fraction of sp³-hybridized carbons (Fsp3) is 0.200. The number of ether oxygens (including phenoxy) is 1. The van der Waals surface area contributed by atoms with Gasteiger partial charge in [-0.1, -0.05) is 24.3 Å². The molecule has 0 aliphatic rings. The van der Waals surface area contributed by atoms with E-state index < -0.39 is 34.8 Å². The molecule has 0 unspecified atom stereocenters. The van der Waals surface area contributed by atoms with Gasteiger partial charge in [0.2, 0.25) is 0 Å². The van der Waals surface area contributed by atoms with E-state index in [1.807, 2.05) is 6.92 Å². The average Bonchev–Trinajstić information content (AvgIpc) is 3.13. The Morgan fingerprint density at radius 1 is 1.17 bits per heavy atom. The molecule has 0 radical (unpaired) electrons. The highest BCUT2D eigenvalue weighted by molar-refractivity contribution is 5.95. The van der Waals surface area contributed by atoms with E-state index in [1.54, 1.807) is 24.3 Å². The molecule has 1 heterocycles. The number of para-hydroxylation sites is 1. The van der Waals surface area contributed by atoms with Crippen LogP contribution in [0.3, 0.4) is 0 Å². The molecule has 0 aliphatic heterocycles. The summed E-state index contributed by atoms with van der Waals surface area (Å²) in [6, 6.07) is 11.7. The number of carbonyl (C=O) groups is 1. The standard InChI is InChI=1S/C20H17F4N3O2/c1-2-29-14-7-5-6-13(10-14)11-25-19(28)15-12-26-27(18(15)20(22,23)24)17-9-4-3-8-16(17)21/h3-10,12H,2,11H2,1H3,(H,25,28). The Morgan fingerprint density at radius 2 is 1.93 bits per heavy atom. The first-order valence-electron chi connectivity index (χ1n) is 8.71. The highest BCUT2D eigenvalue weighted by Gasteiger charge is 2.41. The van der Waals surface area contributed by atoms with E-state index in [-0.39, 0.29) is 6.54 Å². The quantitative estimate of drug-likeness (QED) is 0.618. The van der Waals surface area contributed by atoms with Crippen molar-refractivity contribution in [3.05, 3.63) is 77.4 Å². The maximum atomic E-state index is 14.0. The van der Waals surface area contributed by atoms with Crippen LogP contribution in [0, 0.1) is 5.82 Å². The second-order valence-corrected chi connectivity index (χ2v) is 6.03. The van der Waals surface area contributed by atoms with Gasteiger partial charge in [0.05, 0.1) is 18.4 Å². The molecule has 0 spiro atoms. The lowest BCUT2D eigenvalue weighted by Gasteiger charge is -2.13. The van der Waals surface area contributed by atoms with E-state index >= 15 is 0 Å². The van der Waals surface area contributed by atoms with Crippen LogP contribution in [-0.4, -0.2) is 22.3 Å². The molecule has 5 nitrogen and oxygen atoms in total. The van der Waals surface area contributed by atoms with Crippen LogP contribution in [0.2, 0.25) is 0 Å². The first-order valence-corrected chi connectivity index (χ1v) is 8.71. The summed E-state index contributed by atoms with van der Waals surface area (Å²) >= 11 is 0. The molecular formula is C20H17F4N3O2. The number of aromatic nitrogens is 2. The van der Waals surface area contributed by atoms with Crippen LogP contribution < -0.4 is 10.1 Å². The Morgan fingerprint density at radius 3 is 2.62 bits per heavy atom. The zero-order chi connectivity index (χ0) is 21.0. The second-order valence-electron chi connectivity index (χ2n) is 6.03. The van der Waals surface area contributed by atoms with Gasteiger partial charge in [-0.25, -0.2) is 9.07 Å². The van der Waals surface area contributed by atoms with Crippen molar-refractivity contribution in [1.29, 1.82) is 0 Å². The zero-order valence-corrected chi connectivity index (χ0v) is 15.3. The molecule has 0 bridgehead atoms. The van der Waals surface area contributed by atoms with Crippen LogP contribution in [0.15, 0.2) is 54.7 Å². The highest BCUT2D eigenvalue weighted by Crippen LogP contribution is 2.34. The molecule has 1 aromatic heterocycles. The van der Waals surface area contributed by atoms with Gasteiger partial charge in [0.1, 0.15) is 17.3 Å². The van der Waals surface area contributed by atoms with Gasteiger partial charge in [-0.05, 0) is 36.8 Å². The number of halogens is 4. The Hall–Kier alpha value is -3.36. The van der Waals surface area contributed by atoms with Gasteiger partial charge >= 0.3 is 6.18 Å². The lowest BCUT2D eigenvalue weighted by Crippen LogP contribution is -2.26. The van der Waals surface area contributed by atoms with E-state index in [0.717, 1.165) is 18.3 Å². The van der Waals surface area contributed by atoms with Crippen molar-refractivity contribution in [3.8, 4) is 11.4 Å². The second kappa shape index (κ2) is 8.34. The van der Waals surface area contributed by atoms with Crippen molar-refractivity contribution in [2.75, 3.05) is 6.61 Å². The van der Waals surface area contributed by atoms with Crippen molar-refractivity contribution in [1.82, 2.24) is 15.1 Å². The molecule has 0 saturated carbocycles.